The number of rotatable bonds is 2. The molecule has 0 atom stereocenters. The fraction of sp³-hybridized carbons (Fsp3) is 0.222. The number of alkyl halides is 3. The Hall–Kier alpha value is -1.04. The third kappa shape index (κ3) is 3.54. The summed E-state index contributed by atoms with van der Waals surface area (Å²) in [6.07, 6.45) is -1.75. The van der Waals surface area contributed by atoms with Crippen molar-refractivity contribution in [2.45, 2.75) is 11.9 Å². The van der Waals surface area contributed by atoms with Crippen molar-refractivity contribution in [2.75, 3.05) is 0 Å². The van der Waals surface area contributed by atoms with Crippen LogP contribution < -0.4 is 0 Å². The molecule has 1 rings (SSSR count). The van der Waals surface area contributed by atoms with Crippen LogP contribution in [0.2, 0.25) is 0 Å². The van der Waals surface area contributed by atoms with E-state index >= 15 is 0 Å². The molecule has 0 N–H and O–H groups in total. The van der Waals surface area contributed by atoms with Gasteiger partial charge in [-0.2, -0.15) is 13.2 Å². The van der Waals surface area contributed by atoms with Crippen LogP contribution >= 0.6 is 0 Å². The van der Waals surface area contributed by atoms with Gasteiger partial charge in [-0.05, 0) is 11.6 Å². The molecule has 0 spiro atoms. The summed E-state index contributed by atoms with van der Waals surface area (Å²) in [5.41, 5.74) is -1.21. The quantitative estimate of drug-likeness (QED) is 0.791. The van der Waals surface area contributed by atoms with Gasteiger partial charge in [-0.1, -0.05) is 18.2 Å². The van der Waals surface area contributed by atoms with Gasteiger partial charge in [0.1, 0.15) is 0 Å². The Kier molecular flexibility index (Phi) is 3.08. The Morgan fingerprint density at radius 2 is 1.73 bits per heavy atom. The molecule has 0 amide bonds. The summed E-state index contributed by atoms with van der Waals surface area (Å²) in [5.74, 6) is -0.706. The van der Waals surface area contributed by atoms with Gasteiger partial charge in [-0.15, -0.1) is 0 Å². The van der Waals surface area contributed by atoms with E-state index in [1.165, 1.54) is 12.1 Å². The number of sulfone groups is 1. The molecule has 0 aliphatic rings. The van der Waals surface area contributed by atoms with E-state index in [2.05, 4.69) is 6.26 Å². The molecule has 0 saturated heterocycles. The number of hydrogen-bond acceptors (Lipinski definition) is 2. The molecule has 1 aromatic carbocycles. The molecule has 1 radical (unpaired) electrons. The third-order valence-electron chi connectivity index (χ3n) is 1.70. The van der Waals surface area contributed by atoms with Gasteiger partial charge in [0.25, 0.3) is 0 Å². The van der Waals surface area contributed by atoms with Gasteiger partial charge in [-0.25, -0.2) is 8.42 Å². The van der Waals surface area contributed by atoms with E-state index in [9.17, 15) is 21.6 Å². The van der Waals surface area contributed by atoms with E-state index in [0.717, 1.165) is 12.1 Å². The van der Waals surface area contributed by atoms with Gasteiger partial charge in [0.2, 0.25) is 0 Å². The van der Waals surface area contributed by atoms with E-state index in [0.29, 0.717) is 0 Å². The van der Waals surface area contributed by atoms with Crippen LogP contribution in [0.25, 0.3) is 0 Å². The Bertz CT molecular complexity index is 449. The summed E-state index contributed by atoms with van der Waals surface area (Å²) >= 11 is 0. The molecule has 0 aliphatic carbocycles. The van der Waals surface area contributed by atoms with E-state index in [4.69, 9.17) is 0 Å². The average molecular weight is 237 g/mol. The molecular formula is C9H8F3O2S. The fourth-order valence-electron chi connectivity index (χ4n) is 1.16. The summed E-state index contributed by atoms with van der Waals surface area (Å²) in [6, 6.07) is 4.55. The van der Waals surface area contributed by atoms with Crippen molar-refractivity contribution in [3.05, 3.63) is 41.6 Å². The minimum atomic E-state index is -4.54. The lowest BCUT2D eigenvalue weighted by Gasteiger charge is -2.11. The highest BCUT2D eigenvalue weighted by molar-refractivity contribution is 7.91. The van der Waals surface area contributed by atoms with Crippen LogP contribution in [0.3, 0.4) is 0 Å². The van der Waals surface area contributed by atoms with Crippen LogP contribution in [0.5, 0.6) is 0 Å². The molecule has 15 heavy (non-hydrogen) atoms. The van der Waals surface area contributed by atoms with Crippen LogP contribution in [-0.4, -0.2) is 8.42 Å². The zero-order valence-electron chi connectivity index (χ0n) is 7.58. The maximum atomic E-state index is 12.4. The smallest absolute Gasteiger partial charge is 0.228 e. The van der Waals surface area contributed by atoms with Crippen molar-refractivity contribution in [3.63, 3.8) is 0 Å². The van der Waals surface area contributed by atoms with Crippen molar-refractivity contribution in [2.24, 2.45) is 0 Å². The molecule has 83 valence electrons. The summed E-state index contributed by atoms with van der Waals surface area (Å²) in [7, 11) is -3.71. The standard InChI is InChI=1S/C9H8F3O2S/c1-15(13,14)6-7-4-2-3-5-8(7)9(10,11)12/h2-5H,1,6H2. The Labute approximate surface area is 85.6 Å². The van der Waals surface area contributed by atoms with E-state index in [1.807, 2.05) is 0 Å². The van der Waals surface area contributed by atoms with E-state index < -0.39 is 27.3 Å². The van der Waals surface area contributed by atoms with Gasteiger partial charge >= 0.3 is 6.18 Å². The molecule has 6 heteroatoms. The molecule has 0 aromatic heterocycles. The lowest BCUT2D eigenvalue weighted by Crippen LogP contribution is -2.11. The summed E-state index contributed by atoms with van der Waals surface area (Å²) in [4.78, 5) is 0. The first-order valence-electron chi connectivity index (χ1n) is 3.91. The minimum absolute atomic E-state index is 0.278. The Balaban J connectivity index is 3.19. The predicted octanol–water partition coefficient (Wildman–Crippen LogP) is 2.41. The predicted molar refractivity (Wildman–Crippen MR) is 49.4 cm³/mol. The van der Waals surface area contributed by atoms with Crippen LogP contribution in [0.4, 0.5) is 13.2 Å². The van der Waals surface area contributed by atoms with Gasteiger partial charge in [0, 0.05) is 0 Å². The normalized spacial score (nSPS) is 12.8. The number of halogens is 3. The summed E-state index contributed by atoms with van der Waals surface area (Å²) in [5, 5.41) is 0. The first-order valence-corrected chi connectivity index (χ1v) is 5.73. The third-order valence-corrected chi connectivity index (χ3v) is 2.45. The zero-order valence-corrected chi connectivity index (χ0v) is 8.40. The highest BCUT2D eigenvalue weighted by Crippen LogP contribution is 2.32. The second kappa shape index (κ2) is 3.84. The summed E-state index contributed by atoms with van der Waals surface area (Å²) in [6.45, 7) is 0. The molecule has 0 aliphatic heterocycles. The lowest BCUT2D eigenvalue weighted by atomic mass is 10.1. The molecular weight excluding hydrogens is 229 g/mol. The largest absolute Gasteiger partial charge is 0.416 e. The first-order chi connectivity index (χ1) is 6.70. The lowest BCUT2D eigenvalue weighted by molar-refractivity contribution is -0.138. The van der Waals surface area contributed by atoms with Crippen LogP contribution in [0.15, 0.2) is 24.3 Å². The van der Waals surface area contributed by atoms with Crippen molar-refractivity contribution in [1.82, 2.24) is 0 Å². The van der Waals surface area contributed by atoms with Gasteiger partial charge in [-0.3, -0.25) is 0 Å². The first kappa shape index (κ1) is 12.0. The SMILES string of the molecule is [CH2]S(=O)(=O)Cc1ccccc1C(F)(F)F. The molecule has 1 aromatic rings. The maximum absolute atomic E-state index is 12.4. The monoisotopic (exact) mass is 237 g/mol. The topological polar surface area (TPSA) is 34.1 Å². The van der Waals surface area contributed by atoms with Crippen LogP contribution in [0, 0.1) is 6.26 Å². The highest BCUT2D eigenvalue weighted by atomic mass is 32.2. The van der Waals surface area contributed by atoms with Crippen LogP contribution in [0.1, 0.15) is 11.1 Å². The van der Waals surface area contributed by atoms with Gasteiger partial charge in [0.05, 0.1) is 17.6 Å². The van der Waals surface area contributed by atoms with Crippen molar-refractivity contribution in [3.8, 4) is 0 Å². The van der Waals surface area contributed by atoms with Gasteiger partial charge in [0.15, 0.2) is 9.84 Å². The van der Waals surface area contributed by atoms with Crippen molar-refractivity contribution in [1.29, 1.82) is 0 Å². The zero-order chi connectivity index (χ0) is 11.7. The molecule has 0 unspecified atom stereocenters. The molecule has 0 saturated carbocycles. The molecule has 2 nitrogen and oxygen atoms in total. The van der Waals surface area contributed by atoms with Crippen molar-refractivity contribution < 1.29 is 21.6 Å². The fourth-order valence-corrected chi connectivity index (χ4v) is 1.89. The minimum Gasteiger partial charge on any atom is -0.228 e. The molecule has 0 bridgehead atoms. The summed E-state index contributed by atoms with van der Waals surface area (Å²) < 4.78 is 58.8. The Morgan fingerprint density at radius 1 is 1.20 bits per heavy atom. The average Bonchev–Trinajstić information content (AvgIpc) is 1.99. The molecule has 0 fully saturated rings. The second-order valence-electron chi connectivity index (χ2n) is 3.04. The maximum Gasteiger partial charge on any atom is 0.416 e. The van der Waals surface area contributed by atoms with E-state index in [1.54, 1.807) is 0 Å². The number of benzene rings is 1. The van der Waals surface area contributed by atoms with Crippen molar-refractivity contribution >= 4 is 9.84 Å². The van der Waals surface area contributed by atoms with Gasteiger partial charge < -0.3 is 0 Å². The van der Waals surface area contributed by atoms with E-state index in [-0.39, 0.29) is 5.56 Å². The second-order valence-corrected chi connectivity index (χ2v) is 4.82. The Morgan fingerprint density at radius 3 is 2.20 bits per heavy atom. The number of hydrogen-bond donors (Lipinski definition) is 0. The molecule has 0 heterocycles. The van der Waals surface area contributed by atoms with Crippen LogP contribution in [-0.2, 0) is 21.8 Å². The highest BCUT2D eigenvalue weighted by Gasteiger charge is 2.33.